The van der Waals surface area contributed by atoms with Crippen molar-refractivity contribution in [2.24, 2.45) is 5.92 Å². The minimum Gasteiger partial charge on any atom is -0.316 e. The third-order valence-corrected chi connectivity index (χ3v) is 6.57. The number of nitrogens with one attached hydrogen (secondary N) is 1. The van der Waals surface area contributed by atoms with Gasteiger partial charge in [0.25, 0.3) is 0 Å². The van der Waals surface area contributed by atoms with Crippen LogP contribution >= 0.6 is 0 Å². The first-order valence-corrected chi connectivity index (χ1v) is 10.0. The summed E-state index contributed by atoms with van der Waals surface area (Å²) in [5, 5.41) is 3.31. The van der Waals surface area contributed by atoms with E-state index in [1.54, 1.807) is 0 Å². The number of hydrogen-bond donors (Lipinski definition) is 1. The summed E-state index contributed by atoms with van der Waals surface area (Å²) < 4.78 is 24.0. The number of rotatable bonds is 5. The molecule has 1 aliphatic carbocycles. The molecule has 4 nitrogen and oxygen atoms in total. The largest absolute Gasteiger partial charge is 0.316 e. The number of sulfone groups is 1. The zero-order valence-electron chi connectivity index (χ0n) is 13.1. The second kappa shape index (κ2) is 6.75. The lowest BCUT2D eigenvalue weighted by atomic mass is 9.97. The normalized spacial score (nSPS) is 32.1. The van der Waals surface area contributed by atoms with Crippen LogP contribution < -0.4 is 5.32 Å². The van der Waals surface area contributed by atoms with E-state index in [4.69, 9.17) is 0 Å². The van der Waals surface area contributed by atoms with Crippen molar-refractivity contribution in [1.29, 1.82) is 0 Å². The minimum atomic E-state index is -2.93. The highest BCUT2D eigenvalue weighted by Crippen LogP contribution is 2.31. The predicted octanol–water partition coefficient (Wildman–Crippen LogP) is 1.66. The SMILES string of the molecule is CC(C)N(CC1CCCNC1)C1CCCC1S(C)(=O)=O. The molecule has 1 saturated carbocycles. The Morgan fingerprint density at radius 2 is 1.95 bits per heavy atom. The molecule has 1 aliphatic heterocycles. The van der Waals surface area contributed by atoms with E-state index < -0.39 is 9.84 Å². The molecule has 3 unspecified atom stereocenters. The van der Waals surface area contributed by atoms with Gasteiger partial charge in [-0.3, -0.25) is 4.90 Å². The van der Waals surface area contributed by atoms with Crippen molar-refractivity contribution >= 4 is 9.84 Å². The van der Waals surface area contributed by atoms with Gasteiger partial charge in [-0.1, -0.05) is 6.42 Å². The summed E-state index contributed by atoms with van der Waals surface area (Å²) in [4.78, 5) is 2.47. The van der Waals surface area contributed by atoms with Gasteiger partial charge in [0.2, 0.25) is 0 Å². The fraction of sp³-hybridized carbons (Fsp3) is 1.00. The Labute approximate surface area is 124 Å². The van der Waals surface area contributed by atoms with Crippen molar-refractivity contribution in [3.8, 4) is 0 Å². The Hall–Kier alpha value is -0.130. The highest BCUT2D eigenvalue weighted by atomic mass is 32.2. The molecule has 0 aromatic carbocycles. The lowest BCUT2D eigenvalue weighted by Crippen LogP contribution is -2.50. The number of hydrogen-bond acceptors (Lipinski definition) is 4. The van der Waals surface area contributed by atoms with Crippen molar-refractivity contribution in [1.82, 2.24) is 10.2 Å². The maximum atomic E-state index is 12.0. The van der Waals surface area contributed by atoms with Crippen LogP contribution in [0.15, 0.2) is 0 Å². The molecule has 2 fully saturated rings. The van der Waals surface area contributed by atoms with Gasteiger partial charge < -0.3 is 5.32 Å². The van der Waals surface area contributed by atoms with Gasteiger partial charge in [0.1, 0.15) is 0 Å². The quantitative estimate of drug-likeness (QED) is 0.839. The number of nitrogens with zero attached hydrogens (tertiary/aromatic N) is 1. The molecule has 2 rings (SSSR count). The first-order valence-electron chi connectivity index (χ1n) is 8.05. The van der Waals surface area contributed by atoms with Gasteiger partial charge in [-0.25, -0.2) is 8.42 Å². The Bertz CT molecular complexity index is 402. The van der Waals surface area contributed by atoms with Gasteiger partial charge in [0.15, 0.2) is 9.84 Å². The average Bonchev–Trinajstić information content (AvgIpc) is 2.85. The van der Waals surface area contributed by atoms with Crippen LogP contribution in [-0.2, 0) is 9.84 Å². The Morgan fingerprint density at radius 3 is 2.50 bits per heavy atom. The zero-order chi connectivity index (χ0) is 14.8. The Kier molecular flexibility index (Phi) is 5.49. The van der Waals surface area contributed by atoms with Gasteiger partial charge >= 0.3 is 0 Å². The summed E-state index contributed by atoms with van der Waals surface area (Å²) in [7, 11) is -2.93. The lowest BCUT2D eigenvalue weighted by molar-refractivity contribution is 0.121. The summed E-state index contributed by atoms with van der Waals surface area (Å²) in [6.07, 6.45) is 6.86. The number of piperidine rings is 1. The van der Waals surface area contributed by atoms with E-state index in [9.17, 15) is 8.42 Å². The first kappa shape index (κ1) is 16.2. The Morgan fingerprint density at radius 1 is 1.20 bits per heavy atom. The molecule has 20 heavy (non-hydrogen) atoms. The van der Waals surface area contributed by atoms with E-state index in [0.29, 0.717) is 12.0 Å². The highest BCUT2D eigenvalue weighted by Gasteiger charge is 2.39. The molecule has 3 atom stereocenters. The fourth-order valence-electron chi connectivity index (χ4n) is 3.89. The zero-order valence-corrected chi connectivity index (χ0v) is 14.0. The second-order valence-corrected chi connectivity index (χ2v) is 9.13. The van der Waals surface area contributed by atoms with E-state index in [1.165, 1.54) is 19.1 Å². The van der Waals surface area contributed by atoms with Crippen LogP contribution in [0.2, 0.25) is 0 Å². The van der Waals surface area contributed by atoms with Crippen LogP contribution in [-0.4, -0.2) is 56.5 Å². The van der Waals surface area contributed by atoms with Crippen molar-refractivity contribution < 1.29 is 8.42 Å². The predicted molar refractivity (Wildman–Crippen MR) is 83.7 cm³/mol. The van der Waals surface area contributed by atoms with Crippen LogP contribution in [0.3, 0.4) is 0 Å². The summed E-state index contributed by atoms with van der Waals surface area (Å²) in [5.41, 5.74) is 0. The molecule has 1 N–H and O–H groups in total. The molecule has 1 saturated heterocycles. The van der Waals surface area contributed by atoms with E-state index in [1.807, 2.05) is 0 Å². The molecule has 5 heteroatoms. The monoisotopic (exact) mass is 302 g/mol. The highest BCUT2D eigenvalue weighted by molar-refractivity contribution is 7.91. The molecule has 0 aromatic rings. The lowest BCUT2D eigenvalue weighted by Gasteiger charge is -2.39. The van der Waals surface area contributed by atoms with Crippen LogP contribution in [0.4, 0.5) is 0 Å². The molecular weight excluding hydrogens is 272 g/mol. The fourth-order valence-corrected chi connectivity index (χ4v) is 5.35. The average molecular weight is 302 g/mol. The maximum absolute atomic E-state index is 12.0. The molecular formula is C15H30N2O2S. The molecule has 1 heterocycles. The van der Waals surface area contributed by atoms with E-state index in [2.05, 4.69) is 24.1 Å². The minimum absolute atomic E-state index is 0.151. The molecule has 0 amide bonds. The van der Waals surface area contributed by atoms with E-state index in [0.717, 1.165) is 38.9 Å². The van der Waals surface area contributed by atoms with Gasteiger partial charge in [-0.05, 0) is 58.5 Å². The second-order valence-electron chi connectivity index (χ2n) is 6.87. The molecule has 0 bridgehead atoms. The summed E-state index contributed by atoms with van der Waals surface area (Å²) in [6.45, 7) is 7.66. The van der Waals surface area contributed by atoms with Crippen LogP contribution in [0, 0.1) is 5.92 Å². The molecule has 118 valence electrons. The van der Waals surface area contributed by atoms with Crippen molar-refractivity contribution in [3.63, 3.8) is 0 Å². The van der Waals surface area contributed by atoms with Crippen LogP contribution in [0.1, 0.15) is 46.0 Å². The summed E-state index contributed by atoms with van der Waals surface area (Å²) >= 11 is 0. The third-order valence-electron chi connectivity index (χ3n) is 4.92. The van der Waals surface area contributed by atoms with Crippen molar-refractivity contribution in [2.75, 3.05) is 25.9 Å². The van der Waals surface area contributed by atoms with Gasteiger partial charge in [-0.15, -0.1) is 0 Å². The van der Waals surface area contributed by atoms with Crippen molar-refractivity contribution in [2.45, 2.75) is 63.3 Å². The standard InChI is InChI=1S/C15H30N2O2S/c1-12(2)17(11-13-6-5-9-16-10-13)14-7-4-8-15(14)20(3,18)19/h12-16H,4-11H2,1-3H3. The van der Waals surface area contributed by atoms with E-state index >= 15 is 0 Å². The van der Waals surface area contributed by atoms with Gasteiger partial charge in [0.05, 0.1) is 5.25 Å². The molecule has 0 aromatic heterocycles. The van der Waals surface area contributed by atoms with Crippen LogP contribution in [0.5, 0.6) is 0 Å². The van der Waals surface area contributed by atoms with Crippen molar-refractivity contribution in [3.05, 3.63) is 0 Å². The molecule has 0 radical (unpaired) electrons. The summed E-state index contributed by atoms with van der Waals surface area (Å²) in [6, 6.07) is 0.649. The van der Waals surface area contributed by atoms with Gasteiger partial charge in [-0.2, -0.15) is 0 Å². The van der Waals surface area contributed by atoms with E-state index in [-0.39, 0.29) is 11.3 Å². The maximum Gasteiger partial charge on any atom is 0.151 e. The topological polar surface area (TPSA) is 49.4 Å². The summed E-state index contributed by atoms with van der Waals surface area (Å²) in [5.74, 6) is 0.673. The Balaban J connectivity index is 2.07. The third kappa shape index (κ3) is 3.95. The van der Waals surface area contributed by atoms with Gasteiger partial charge in [0, 0.05) is 24.9 Å². The smallest absolute Gasteiger partial charge is 0.151 e. The van der Waals surface area contributed by atoms with Crippen LogP contribution in [0.25, 0.3) is 0 Å². The molecule has 0 spiro atoms. The first-order chi connectivity index (χ1) is 9.39. The molecule has 2 aliphatic rings.